The summed E-state index contributed by atoms with van der Waals surface area (Å²) < 4.78 is 36.6. The topological polar surface area (TPSA) is 118 Å². The van der Waals surface area contributed by atoms with Crippen molar-refractivity contribution < 1.29 is 32.4 Å². The van der Waals surface area contributed by atoms with Gasteiger partial charge in [0.2, 0.25) is 4.75 Å². The van der Waals surface area contributed by atoms with E-state index in [-0.39, 0.29) is 0 Å². The van der Waals surface area contributed by atoms with Crippen molar-refractivity contribution in [2.45, 2.75) is 63.2 Å². The van der Waals surface area contributed by atoms with E-state index in [9.17, 15) is 27.7 Å². The average Bonchev–Trinajstić information content (AvgIpc) is 2.63. The van der Waals surface area contributed by atoms with E-state index in [1.807, 2.05) is 6.92 Å². The molecule has 0 fully saturated rings. The van der Waals surface area contributed by atoms with Crippen LogP contribution in [0.25, 0.3) is 6.08 Å². The molecule has 2 atom stereocenters. The number of carbonyl (C=O) groups is 2. The number of benzene rings is 1. The Morgan fingerprint density at radius 1 is 1.18 bits per heavy atom. The summed E-state index contributed by atoms with van der Waals surface area (Å²) in [5.41, 5.74) is 0.545. The van der Waals surface area contributed by atoms with Gasteiger partial charge in [0.1, 0.15) is 6.10 Å². The van der Waals surface area contributed by atoms with Crippen LogP contribution in [-0.2, 0) is 24.4 Å². The summed E-state index contributed by atoms with van der Waals surface area (Å²) in [7, 11) is -5.11. The molecule has 0 saturated carbocycles. The molecule has 0 aliphatic carbocycles. The Balaban J connectivity index is 3.25. The number of aliphatic carboxylic acids is 1. The van der Waals surface area contributed by atoms with Crippen LogP contribution in [0, 0.1) is 0 Å². The van der Waals surface area contributed by atoms with Crippen molar-refractivity contribution in [1.29, 1.82) is 0 Å². The predicted octanol–water partition coefficient (Wildman–Crippen LogP) is 3.70. The Bertz CT molecular complexity index is 771. The molecule has 7 nitrogen and oxygen atoms in total. The van der Waals surface area contributed by atoms with E-state index in [1.165, 1.54) is 6.08 Å². The molecule has 1 rings (SSSR count). The number of rotatable bonds is 12. The van der Waals surface area contributed by atoms with Crippen molar-refractivity contribution >= 4 is 28.1 Å². The Kier molecular flexibility index (Phi) is 9.34. The summed E-state index contributed by atoms with van der Waals surface area (Å²) in [5.74, 6) is -2.83. The number of carboxylic acids is 1. The molecule has 0 saturated heterocycles. The molecule has 8 heteroatoms. The van der Waals surface area contributed by atoms with Crippen LogP contribution in [0.2, 0.25) is 0 Å². The van der Waals surface area contributed by atoms with Gasteiger partial charge in [-0.05, 0) is 30.9 Å². The molecule has 0 amide bonds. The maximum atomic E-state index is 12.8. The van der Waals surface area contributed by atoms with E-state index < -0.39 is 39.3 Å². The van der Waals surface area contributed by atoms with Gasteiger partial charge >= 0.3 is 11.9 Å². The van der Waals surface area contributed by atoms with Gasteiger partial charge in [0.15, 0.2) is 0 Å². The summed E-state index contributed by atoms with van der Waals surface area (Å²) in [5, 5.41) is 9.21. The summed E-state index contributed by atoms with van der Waals surface area (Å²) in [6, 6.07) is 8.45. The van der Waals surface area contributed by atoms with E-state index in [1.54, 1.807) is 37.3 Å². The van der Waals surface area contributed by atoms with Crippen LogP contribution in [0.1, 0.15) is 57.9 Å². The van der Waals surface area contributed by atoms with Gasteiger partial charge in [0, 0.05) is 0 Å². The van der Waals surface area contributed by atoms with Crippen LogP contribution in [-0.4, -0.2) is 40.9 Å². The highest BCUT2D eigenvalue weighted by molar-refractivity contribution is 7.88. The van der Waals surface area contributed by atoms with Crippen LogP contribution in [0.4, 0.5) is 0 Å². The van der Waals surface area contributed by atoms with Crippen molar-refractivity contribution in [2.24, 2.45) is 0 Å². The van der Waals surface area contributed by atoms with Gasteiger partial charge < -0.3 is 9.84 Å². The van der Waals surface area contributed by atoms with Crippen LogP contribution < -0.4 is 0 Å². The third kappa shape index (κ3) is 6.76. The van der Waals surface area contributed by atoms with E-state index in [4.69, 9.17) is 4.74 Å². The standard InChI is InChI=1S/C20H28O7S/c1-3-5-7-12-17(4-2)27-19(23)20(15-18(21)22,28(24,25)26)14-13-16-10-8-6-9-11-16/h6,8-11,13-14,17H,3-5,7,12,15H2,1-2H3,(H,21,22)(H,24,25,26). The highest BCUT2D eigenvalue weighted by Crippen LogP contribution is 2.28. The number of hydrogen-bond donors (Lipinski definition) is 2. The minimum Gasteiger partial charge on any atom is -0.481 e. The summed E-state index contributed by atoms with van der Waals surface area (Å²) in [4.78, 5) is 24.1. The van der Waals surface area contributed by atoms with Crippen LogP contribution >= 0.6 is 0 Å². The molecule has 1 aromatic carbocycles. The largest absolute Gasteiger partial charge is 0.481 e. The molecular formula is C20H28O7S. The van der Waals surface area contributed by atoms with Gasteiger partial charge in [0.05, 0.1) is 6.42 Å². The maximum absolute atomic E-state index is 12.8. The normalized spacial score (nSPS) is 15.1. The second kappa shape index (κ2) is 11.0. The number of hydrogen-bond acceptors (Lipinski definition) is 5. The maximum Gasteiger partial charge on any atom is 0.334 e. The van der Waals surface area contributed by atoms with Crippen LogP contribution in [0.3, 0.4) is 0 Å². The molecule has 0 aliphatic heterocycles. The SMILES string of the molecule is CCCCCC(CC)OC(=O)C(C=Cc1ccccc1)(CC(=O)O)S(=O)(=O)O. The van der Waals surface area contributed by atoms with Gasteiger partial charge in [0.25, 0.3) is 10.1 Å². The molecule has 156 valence electrons. The van der Waals surface area contributed by atoms with Crippen molar-refractivity contribution in [1.82, 2.24) is 0 Å². The van der Waals surface area contributed by atoms with Crippen molar-refractivity contribution in [3.63, 3.8) is 0 Å². The first-order valence-electron chi connectivity index (χ1n) is 9.30. The lowest BCUT2D eigenvalue weighted by Crippen LogP contribution is -2.48. The molecule has 1 aromatic rings. The van der Waals surface area contributed by atoms with Gasteiger partial charge in [-0.3, -0.25) is 9.35 Å². The quantitative estimate of drug-likeness (QED) is 0.305. The van der Waals surface area contributed by atoms with E-state index in [0.717, 1.165) is 25.3 Å². The second-order valence-electron chi connectivity index (χ2n) is 6.61. The van der Waals surface area contributed by atoms with Crippen molar-refractivity contribution in [3.8, 4) is 0 Å². The molecule has 0 bridgehead atoms. The molecule has 0 heterocycles. The van der Waals surface area contributed by atoms with Crippen molar-refractivity contribution in [3.05, 3.63) is 42.0 Å². The van der Waals surface area contributed by atoms with Crippen LogP contribution in [0.15, 0.2) is 36.4 Å². The minimum absolute atomic E-state index is 0.451. The lowest BCUT2D eigenvalue weighted by molar-refractivity contribution is -0.154. The molecule has 28 heavy (non-hydrogen) atoms. The Morgan fingerprint density at radius 2 is 1.82 bits per heavy atom. The Hall–Kier alpha value is -2.19. The summed E-state index contributed by atoms with van der Waals surface area (Å²) >= 11 is 0. The minimum atomic E-state index is -5.11. The molecule has 0 spiro atoms. The predicted molar refractivity (Wildman–Crippen MR) is 106 cm³/mol. The zero-order chi connectivity index (χ0) is 21.2. The first-order valence-corrected chi connectivity index (χ1v) is 10.7. The fourth-order valence-electron chi connectivity index (χ4n) is 2.72. The lowest BCUT2D eigenvalue weighted by Gasteiger charge is -2.26. The monoisotopic (exact) mass is 412 g/mol. The zero-order valence-electron chi connectivity index (χ0n) is 16.2. The van der Waals surface area contributed by atoms with E-state index >= 15 is 0 Å². The third-order valence-corrected chi connectivity index (χ3v) is 5.79. The Labute approximate surface area is 166 Å². The number of carbonyl (C=O) groups excluding carboxylic acids is 1. The number of unbranched alkanes of at least 4 members (excludes halogenated alkanes) is 2. The van der Waals surface area contributed by atoms with Gasteiger partial charge in [-0.15, -0.1) is 0 Å². The van der Waals surface area contributed by atoms with E-state index in [2.05, 4.69) is 0 Å². The zero-order valence-corrected chi connectivity index (χ0v) is 17.0. The molecule has 2 unspecified atom stereocenters. The van der Waals surface area contributed by atoms with Crippen LogP contribution in [0.5, 0.6) is 0 Å². The number of esters is 1. The molecule has 2 N–H and O–H groups in total. The van der Waals surface area contributed by atoms with E-state index in [0.29, 0.717) is 18.4 Å². The van der Waals surface area contributed by atoms with Gasteiger partial charge in [-0.1, -0.05) is 63.1 Å². The fraction of sp³-hybridized carbons (Fsp3) is 0.500. The number of carboxylic acid groups (broad SMARTS) is 1. The summed E-state index contributed by atoms with van der Waals surface area (Å²) in [6.07, 6.45) is 4.17. The Morgan fingerprint density at radius 3 is 2.32 bits per heavy atom. The molecular weight excluding hydrogens is 384 g/mol. The number of ether oxygens (including phenoxy) is 1. The molecule has 0 aromatic heterocycles. The molecule has 0 radical (unpaired) electrons. The van der Waals surface area contributed by atoms with Gasteiger partial charge in [-0.2, -0.15) is 8.42 Å². The highest BCUT2D eigenvalue weighted by atomic mass is 32.2. The average molecular weight is 413 g/mol. The fourth-order valence-corrected chi connectivity index (χ4v) is 3.53. The first-order chi connectivity index (χ1) is 13.2. The second-order valence-corrected chi connectivity index (χ2v) is 8.29. The summed E-state index contributed by atoms with van der Waals surface area (Å²) in [6.45, 7) is 3.81. The first kappa shape index (κ1) is 23.8. The van der Waals surface area contributed by atoms with Crippen molar-refractivity contribution in [2.75, 3.05) is 0 Å². The van der Waals surface area contributed by atoms with Gasteiger partial charge in [-0.25, -0.2) is 4.79 Å². The third-order valence-electron chi connectivity index (χ3n) is 4.42. The smallest absolute Gasteiger partial charge is 0.334 e. The lowest BCUT2D eigenvalue weighted by atomic mass is 10.0. The molecule has 0 aliphatic rings. The highest BCUT2D eigenvalue weighted by Gasteiger charge is 2.52.